The SMILES string of the molecule is COc1cccc2c1C1(CCOCC1)C(=O)N2. The largest absolute Gasteiger partial charge is 0.496 e. The number of hydrogen-bond acceptors (Lipinski definition) is 3. The molecule has 17 heavy (non-hydrogen) atoms. The third-order valence-electron chi connectivity index (χ3n) is 3.75. The van der Waals surface area contributed by atoms with Gasteiger partial charge in [-0.2, -0.15) is 0 Å². The Hall–Kier alpha value is -1.55. The van der Waals surface area contributed by atoms with Crippen molar-refractivity contribution in [3.8, 4) is 5.75 Å². The molecule has 4 nitrogen and oxygen atoms in total. The number of hydrogen-bond donors (Lipinski definition) is 1. The van der Waals surface area contributed by atoms with Crippen LogP contribution >= 0.6 is 0 Å². The van der Waals surface area contributed by atoms with Gasteiger partial charge in [-0.3, -0.25) is 4.79 Å². The van der Waals surface area contributed by atoms with E-state index in [1.807, 2.05) is 18.2 Å². The molecule has 1 fully saturated rings. The molecule has 0 atom stereocenters. The second-order valence-corrected chi connectivity index (χ2v) is 4.53. The summed E-state index contributed by atoms with van der Waals surface area (Å²) in [7, 11) is 1.64. The smallest absolute Gasteiger partial charge is 0.235 e. The van der Waals surface area contributed by atoms with Gasteiger partial charge in [-0.05, 0) is 25.0 Å². The van der Waals surface area contributed by atoms with Crippen molar-refractivity contribution in [2.45, 2.75) is 18.3 Å². The molecular weight excluding hydrogens is 218 g/mol. The van der Waals surface area contributed by atoms with E-state index >= 15 is 0 Å². The number of methoxy groups -OCH3 is 1. The van der Waals surface area contributed by atoms with Crippen LogP contribution in [0, 0.1) is 0 Å². The van der Waals surface area contributed by atoms with Crippen molar-refractivity contribution in [3.05, 3.63) is 23.8 Å². The molecule has 0 aliphatic carbocycles. The van der Waals surface area contributed by atoms with Gasteiger partial charge in [0, 0.05) is 24.5 Å². The summed E-state index contributed by atoms with van der Waals surface area (Å²) >= 11 is 0. The summed E-state index contributed by atoms with van der Waals surface area (Å²) in [5, 5.41) is 2.96. The minimum atomic E-state index is -0.444. The molecule has 90 valence electrons. The third kappa shape index (κ3) is 1.37. The highest BCUT2D eigenvalue weighted by Crippen LogP contribution is 2.48. The van der Waals surface area contributed by atoms with Crippen LogP contribution in [-0.4, -0.2) is 26.2 Å². The first-order chi connectivity index (χ1) is 8.28. The van der Waals surface area contributed by atoms with Crippen LogP contribution in [0.2, 0.25) is 0 Å². The number of nitrogens with one attached hydrogen (secondary N) is 1. The Balaban J connectivity index is 2.16. The number of carbonyl (C=O) groups is 1. The maximum Gasteiger partial charge on any atom is 0.235 e. The van der Waals surface area contributed by atoms with Gasteiger partial charge in [0.05, 0.1) is 12.5 Å². The predicted molar refractivity (Wildman–Crippen MR) is 63.4 cm³/mol. The highest BCUT2D eigenvalue weighted by molar-refractivity contribution is 6.07. The Labute approximate surface area is 99.9 Å². The zero-order valence-corrected chi connectivity index (χ0v) is 9.79. The second kappa shape index (κ2) is 3.74. The van der Waals surface area contributed by atoms with E-state index < -0.39 is 5.41 Å². The van der Waals surface area contributed by atoms with E-state index in [-0.39, 0.29) is 5.91 Å². The summed E-state index contributed by atoms with van der Waals surface area (Å²) in [5.74, 6) is 0.878. The molecule has 0 unspecified atom stereocenters. The lowest BCUT2D eigenvalue weighted by Crippen LogP contribution is -2.40. The van der Waals surface area contributed by atoms with Crippen LogP contribution in [-0.2, 0) is 14.9 Å². The van der Waals surface area contributed by atoms with Crippen LogP contribution in [0.1, 0.15) is 18.4 Å². The van der Waals surface area contributed by atoms with Crippen LogP contribution < -0.4 is 10.1 Å². The molecule has 1 aromatic rings. The number of fused-ring (bicyclic) bond motifs is 2. The molecule has 0 saturated carbocycles. The van der Waals surface area contributed by atoms with Crippen molar-refractivity contribution in [1.29, 1.82) is 0 Å². The fraction of sp³-hybridized carbons (Fsp3) is 0.462. The quantitative estimate of drug-likeness (QED) is 0.803. The molecule has 0 bridgehead atoms. The van der Waals surface area contributed by atoms with Crippen molar-refractivity contribution >= 4 is 11.6 Å². The normalized spacial score (nSPS) is 21.1. The first-order valence-electron chi connectivity index (χ1n) is 5.84. The minimum Gasteiger partial charge on any atom is -0.496 e. The lowest BCUT2D eigenvalue weighted by Gasteiger charge is -2.32. The van der Waals surface area contributed by atoms with Gasteiger partial charge in [0.1, 0.15) is 5.75 Å². The lowest BCUT2D eigenvalue weighted by atomic mass is 9.75. The molecule has 0 radical (unpaired) electrons. The molecule has 1 spiro atoms. The second-order valence-electron chi connectivity index (χ2n) is 4.53. The number of ether oxygens (including phenoxy) is 2. The van der Waals surface area contributed by atoms with Gasteiger partial charge < -0.3 is 14.8 Å². The monoisotopic (exact) mass is 233 g/mol. The van der Waals surface area contributed by atoms with Gasteiger partial charge in [0.25, 0.3) is 0 Å². The van der Waals surface area contributed by atoms with Gasteiger partial charge in [-0.25, -0.2) is 0 Å². The zero-order chi connectivity index (χ0) is 11.9. The third-order valence-corrected chi connectivity index (χ3v) is 3.75. The number of rotatable bonds is 1. The molecule has 1 amide bonds. The Morgan fingerprint density at radius 1 is 1.35 bits per heavy atom. The van der Waals surface area contributed by atoms with E-state index in [0.717, 1.165) is 29.8 Å². The van der Waals surface area contributed by atoms with Crippen molar-refractivity contribution in [2.75, 3.05) is 25.6 Å². The van der Waals surface area contributed by atoms with E-state index in [1.54, 1.807) is 7.11 Å². The highest BCUT2D eigenvalue weighted by atomic mass is 16.5. The van der Waals surface area contributed by atoms with E-state index in [1.165, 1.54) is 0 Å². The molecule has 4 heteroatoms. The molecule has 2 aliphatic rings. The Morgan fingerprint density at radius 3 is 2.82 bits per heavy atom. The Bertz CT molecular complexity index is 464. The van der Waals surface area contributed by atoms with Crippen molar-refractivity contribution in [2.24, 2.45) is 0 Å². The fourth-order valence-corrected chi connectivity index (χ4v) is 2.85. The average molecular weight is 233 g/mol. The van der Waals surface area contributed by atoms with Crippen molar-refractivity contribution < 1.29 is 14.3 Å². The van der Waals surface area contributed by atoms with Crippen LogP contribution in [0.25, 0.3) is 0 Å². The summed E-state index contributed by atoms with van der Waals surface area (Å²) in [6.07, 6.45) is 1.46. The Morgan fingerprint density at radius 2 is 2.12 bits per heavy atom. The first kappa shape index (κ1) is 10.6. The topological polar surface area (TPSA) is 47.6 Å². The minimum absolute atomic E-state index is 0.0836. The molecule has 3 rings (SSSR count). The van der Waals surface area contributed by atoms with E-state index in [9.17, 15) is 4.79 Å². The summed E-state index contributed by atoms with van der Waals surface area (Å²) in [5.41, 5.74) is 1.45. The zero-order valence-electron chi connectivity index (χ0n) is 9.79. The van der Waals surface area contributed by atoms with Gasteiger partial charge in [-0.1, -0.05) is 6.07 Å². The standard InChI is InChI=1S/C13H15NO3/c1-16-10-4-2-3-9-11(10)13(12(15)14-9)5-7-17-8-6-13/h2-4H,5-8H2,1H3,(H,14,15). The highest BCUT2D eigenvalue weighted by Gasteiger charge is 2.49. The summed E-state index contributed by atoms with van der Waals surface area (Å²) in [4.78, 5) is 12.3. The first-order valence-corrected chi connectivity index (χ1v) is 5.84. The maximum absolute atomic E-state index is 12.3. The van der Waals surface area contributed by atoms with Gasteiger partial charge in [-0.15, -0.1) is 0 Å². The molecule has 2 heterocycles. The van der Waals surface area contributed by atoms with Crippen molar-refractivity contribution in [3.63, 3.8) is 0 Å². The van der Waals surface area contributed by atoms with Crippen LogP contribution in [0.3, 0.4) is 0 Å². The fourth-order valence-electron chi connectivity index (χ4n) is 2.85. The van der Waals surface area contributed by atoms with E-state index in [2.05, 4.69) is 5.32 Å². The number of amides is 1. The maximum atomic E-state index is 12.3. The van der Waals surface area contributed by atoms with Crippen LogP contribution in [0.4, 0.5) is 5.69 Å². The van der Waals surface area contributed by atoms with Gasteiger partial charge >= 0.3 is 0 Å². The van der Waals surface area contributed by atoms with Crippen LogP contribution in [0.15, 0.2) is 18.2 Å². The summed E-state index contributed by atoms with van der Waals surface area (Å²) in [6.45, 7) is 1.26. The molecule has 2 aliphatic heterocycles. The summed E-state index contributed by atoms with van der Waals surface area (Å²) in [6, 6.07) is 5.74. The average Bonchev–Trinajstić information content (AvgIpc) is 2.64. The van der Waals surface area contributed by atoms with E-state index in [4.69, 9.17) is 9.47 Å². The summed E-state index contributed by atoms with van der Waals surface area (Å²) < 4.78 is 10.8. The number of carbonyl (C=O) groups excluding carboxylic acids is 1. The lowest BCUT2D eigenvalue weighted by molar-refractivity contribution is -0.124. The van der Waals surface area contributed by atoms with Crippen LogP contribution in [0.5, 0.6) is 5.75 Å². The molecule has 1 aromatic carbocycles. The molecule has 1 saturated heterocycles. The van der Waals surface area contributed by atoms with Crippen molar-refractivity contribution in [1.82, 2.24) is 0 Å². The molecule has 0 aromatic heterocycles. The van der Waals surface area contributed by atoms with Gasteiger partial charge in [0.2, 0.25) is 5.91 Å². The molecule has 1 N–H and O–H groups in total. The number of anilines is 1. The molecular formula is C13H15NO3. The number of benzene rings is 1. The predicted octanol–water partition coefficient (Wildman–Crippen LogP) is 1.70. The van der Waals surface area contributed by atoms with Gasteiger partial charge in [0.15, 0.2) is 0 Å². The Kier molecular flexibility index (Phi) is 2.33. The van der Waals surface area contributed by atoms with E-state index in [0.29, 0.717) is 13.2 Å².